The van der Waals surface area contributed by atoms with Gasteiger partial charge in [0.25, 0.3) is 5.78 Å². The van der Waals surface area contributed by atoms with Crippen LogP contribution in [0.15, 0.2) is 53.6 Å². The summed E-state index contributed by atoms with van der Waals surface area (Å²) in [5, 5.41) is 13.9. The Hall–Kier alpha value is -4.54. The van der Waals surface area contributed by atoms with Gasteiger partial charge < -0.3 is 9.47 Å². The number of nitrogens with one attached hydrogen (secondary N) is 1. The van der Waals surface area contributed by atoms with E-state index in [-0.39, 0.29) is 23.9 Å². The summed E-state index contributed by atoms with van der Waals surface area (Å²) in [7, 11) is 1.48. The molecule has 0 atom stereocenters. The predicted octanol–water partition coefficient (Wildman–Crippen LogP) is 3.22. The molecular weight excluding hydrogens is 421 g/mol. The van der Waals surface area contributed by atoms with Gasteiger partial charge in [0, 0.05) is 0 Å². The van der Waals surface area contributed by atoms with Crippen molar-refractivity contribution in [1.82, 2.24) is 19.6 Å². The van der Waals surface area contributed by atoms with Crippen LogP contribution in [0.5, 0.6) is 11.5 Å². The second-order valence-corrected chi connectivity index (χ2v) is 6.59. The molecule has 0 aliphatic carbocycles. The average molecular weight is 437 g/mol. The fourth-order valence-corrected chi connectivity index (χ4v) is 2.98. The van der Waals surface area contributed by atoms with Gasteiger partial charge in [0.1, 0.15) is 18.8 Å². The van der Waals surface area contributed by atoms with Crippen LogP contribution in [0.2, 0.25) is 0 Å². The smallest absolute Gasteiger partial charge is 0.361 e. The van der Waals surface area contributed by atoms with Gasteiger partial charge in [0.15, 0.2) is 17.2 Å². The Morgan fingerprint density at radius 1 is 1.19 bits per heavy atom. The molecule has 0 unspecified atom stereocenters. The predicted molar refractivity (Wildman–Crippen MR) is 113 cm³/mol. The number of benzene rings is 2. The van der Waals surface area contributed by atoms with E-state index >= 15 is 0 Å². The Balaban J connectivity index is 1.59. The molecule has 0 saturated carbocycles. The molecule has 0 bridgehead atoms. The average Bonchev–Trinajstić information content (AvgIpc) is 3.26. The third-order valence-corrected chi connectivity index (χ3v) is 4.55. The highest BCUT2D eigenvalue weighted by Crippen LogP contribution is 2.30. The molecule has 2 heterocycles. The van der Waals surface area contributed by atoms with Crippen molar-refractivity contribution >= 4 is 23.6 Å². The summed E-state index contributed by atoms with van der Waals surface area (Å²) in [5.41, 5.74) is -0.235. The minimum Gasteiger partial charge on any atom is -0.493 e. The number of nitrogens with zero attached hydrogens (tertiary/aromatic N) is 4. The summed E-state index contributed by atoms with van der Waals surface area (Å²) in [5.74, 6) is 0.586. The standard InChI is InChI=1S/C21H16FN5O5/c1-31-18-10-13(5-9-17(18)32-11-14-2-6-15(22)7-3-14)4-8-16-19(27(29)30)20(28)26-21(25-16)23-12-24-26/h2-10,12H,11H2,1H3,(H,23,24,25)/b8-4-. The highest BCUT2D eigenvalue weighted by molar-refractivity contribution is 5.73. The molecule has 4 rings (SSSR count). The van der Waals surface area contributed by atoms with Crippen LogP contribution in [0.3, 0.4) is 0 Å². The highest BCUT2D eigenvalue weighted by atomic mass is 19.1. The van der Waals surface area contributed by atoms with Crippen molar-refractivity contribution < 1.29 is 18.8 Å². The molecule has 0 fully saturated rings. The summed E-state index contributed by atoms with van der Waals surface area (Å²) < 4.78 is 25.0. The van der Waals surface area contributed by atoms with Gasteiger partial charge in [-0.25, -0.2) is 14.4 Å². The highest BCUT2D eigenvalue weighted by Gasteiger charge is 2.22. The summed E-state index contributed by atoms with van der Waals surface area (Å²) >= 11 is 0. The third kappa shape index (κ3) is 4.17. The lowest BCUT2D eigenvalue weighted by atomic mass is 10.1. The fraction of sp³-hybridized carbons (Fsp3) is 0.0952. The third-order valence-electron chi connectivity index (χ3n) is 4.55. The molecule has 0 saturated heterocycles. The van der Waals surface area contributed by atoms with E-state index in [4.69, 9.17) is 9.47 Å². The van der Waals surface area contributed by atoms with Crippen LogP contribution in [-0.2, 0) is 6.61 Å². The maximum absolute atomic E-state index is 13.0. The number of rotatable bonds is 7. The first-order chi connectivity index (χ1) is 15.5. The van der Waals surface area contributed by atoms with E-state index in [2.05, 4.69) is 15.1 Å². The van der Waals surface area contributed by atoms with Gasteiger partial charge in [-0.2, -0.15) is 4.52 Å². The molecule has 11 heteroatoms. The molecule has 162 valence electrons. The minimum absolute atomic E-state index is 0.0161. The summed E-state index contributed by atoms with van der Waals surface area (Å²) in [6.45, 7) is 0.218. The van der Waals surface area contributed by atoms with E-state index in [0.29, 0.717) is 17.1 Å². The first-order valence-corrected chi connectivity index (χ1v) is 9.30. The lowest BCUT2D eigenvalue weighted by Crippen LogP contribution is -2.20. The van der Waals surface area contributed by atoms with Crippen molar-refractivity contribution in [2.45, 2.75) is 6.61 Å². The topological polar surface area (TPSA) is 125 Å². The van der Waals surface area contributed by atoms with Crippen molar-refractivity contribution in [2.75, 3.05) is 7.11 Å². The molecule has 0 spiro atoms. The molecule has 4 aromatic rings. The van der Waals surface area contributed by atoms with Crippen LogP contribution in [-0.4, -0.2) is 31.6 Å². The van der Waals surface area contributed by atoms with Crippen molar-refractivity contribution in [3.63, 3.8) is 0 Å². The Morgan fingerprint density at radius 3 is 2.69 bits per heavy atom. The fourth-order valence-electron chi connectivity index (χ4n) is 2.98. The summed E-state index contributed by atoms with van der Waals surface area (Å²) in [6, 6.07) is 11.0. The number of fused-ring (bicyclic) bond motifs is 1. The molecule has 0 aliphatic rings. The van der Waals surface area contributed by atoms with Crippen LogP contribution in [0.25, 0.3) is 17.9 Å². The summed E-state index contributed by atoms with van der Waals surface area (Å²) in [4.78, 5) is 30.9. The number of nitro groups is 1. The summed E-state index contributed by atoms with van der Waals surface area (Å²) in [6.07, 6.45) is 4.14. The Bertz CT molecular complexity index is 1380. The van der Waals surface area contributed by atoms with E-state index in [1.807, 2.05) is 0 Å². The van der Waals surface area contributed by atoms with Crippen molar-refractivity contribution in [3.05, 3.63) is 91.9 Å². The first kappa shape index (κ1) is 20.7. The van der Waals surface area contributed by atoms with E-state index in [1.54, 1.807) is 36.4 Å². The number of aromatic amines is 1. The van der Waals surface area contributed by atoms with Gasteiger partial charge in [0.05, 0.1) is 12.0 Å². The van der Waals surface area contributed by atoms with Crippen molar-refractivity contribution in [1.29, 1.82) is 0 Å². The Kier molecular flexibility index (Phi) is 5.62. The lowest BCUT2D eigenvalue weighted by molar-refractivity contribution is -0.386. The SMILES string of the molecule is COc1cc(/C=C\c2nc3nc[nH]n3c(=O)c2[N+](=O)[O-])ccc1OCc1ccc(F)cc1. The van der Waals surface area contributed by atoms with Gasteiger partial charge >= 0.3 is 11.2 Å². The van der Waals surface area contributed by atoms with E-state index in [1.165, 1.54) is 31.6 Å². The molecule has 10 nitrogen and oxygen atoms in total. The Morgan fingerprint density at radius 2 is 1.97 bits per heavy atom. The minimum atomic E-state index is -0.862. The van der Waals surface area contributed by atoms with Crippen LogP contribution in [0.1, 0.15) is 16.8 Å². The molecule has 0 amide bonds. The number of hydrogen-bond donors (Lipinski definition) is 1. The van der Waals surface area contributed by atoms with E-state index in [9.17, 15) is 19.3 Å². The van der Waals surface area contributed by atoms with Gasteiger partial charge in [-0.1, -0.05) is 24.3 Å². The first-order valence-electron chi connectivity index (χ1n) is 9.30. The lowest BCUT2D eigenvalue weighted by Gasteiger charge is -2.11. The normalized spacial score (nSPS) is 11.2. The zero-order valence-electron chi connectivity index (χ0n) is 16.7. The van der Waals surface area contributed by atoms with Crippen molar-refractivity contribution in [3.8, 4) is 11.5 Å². The van der Waals surface area contributed by atoms with Gasteiger partial charge in [-0.05, 0) is 41.5 Å². The molecular formula is C21H16FN5O5. The van der Waals surface area contributed by atoms with Crippen LogP contribution >= 0.6 is 0 Å². The molecule has 0 aliphatic heterocycles. The van der Waals surface area contributed by atoms with Crippen molar-refractivity contribution in [2.24, 2.45) is 0 Å². The molecule has 1 N–H and O–H groups in total. The molecule has 32 heavy (non-hydrogen) atoms. The zero-order valence-corrected chi connectivity index (χ0v) is 16.7. The number of halogens is 1. The van der Waals surface area contributed by atoms with E-state index < -0.39 is 16.2 Å². The number of ether oxygens (including phenoxy) is 2. The quantitative estimate of drug-likeness (QED) is 0.348. The van der Waals surface area contributed by atoms with Gasteiger partial charge in [-0.3, -0.25) is 20.0 Å². The molecule has 2 aromatic heterocycles. The molecule has 0 radical (unpaired) electrons. The maximum atomic E-state index is 13.0. The largest absolute Gasteiger partial charge is 0.493 e. The number of hydrogen-bond acceptors (Lipinski definition) is 7. The maximum Gasteiger partial charge on any atom is 0.361 e. The second kappa shape index (κ2) is 8.68. The number of H-pyrrole nitrogens is 1. The van der Waals surface area contributed by atoms with Gasteiger partial charge in [0.2, 0.25) is 0 Å². The van der Waals surface area contributed by atoms with Crippen LogP contribution < -0.4 is 15.0 Å². The number of aromatic nitrogens is 4. The van der Waals surface area contributed by atoms with E-state index in [0.717, 1.165) is 10.1 Å². The second-order valence-electron chi connectivity index (χ2n) is 6.59. The zero-order chi connectivity index (χ0) is 22.7. The Labute approximate surface area is 179 Å². The van der Waals surface area contributed by atoms with Crippen LogP contribution in [0, 0.1) is 15.9 Å². The monoisotopic (exact) mass is 437 g/mol. The molecule has 2 aromatic carbocycles. The van der Waals surface area contributed by atoms with Gasteiger partial charge in [-0.15, -0.1) is 0 Å². The van der Waals surface area contributed by atoms with Crippen LogP contribution in [0.4, 0.5) is 10.1 Å². The number of methoxy groups -OCH3 is 1.